The van der Waals surface area contributed by atoms with Crippen LogP contribution in [-0.4, -0.2) is 12.8 Å². The van der Waals surface area contributed by atoms with Crippen molar-refractivity contribution in [2.45, 2.75) is 26.7 Å². The van der Waals surface area contributed by atoms with Crippen molar-refractivity contribution in [1.82, 2.24) is 0 Å². The van der Waals surface area contributed by atoms with E-state index < -0.39 is 0 Å². The number of hydrogen-bond acceptors (Lipinski definition) is 3. The van der Waals surface area contributed by atoms with Gasteiger partial charge in [-0.05, 0) is 13.3 Å². The Morgan fingerprint density at radius 3 is 2.73 bits per heavy atom. The van der Waals surface area contributed by atoms with E-state index in [1.165, 1.54) is 7.11 Å². The Morgan fingerprint density at radius 1 is 1.73 bits per heavy atom. The van der Waals surface area contributed by atoms with Crippen LogP contribution in [0.5, 0.6) is 0 Å². The first-order chi connectivity index (χ1) is 5.24. The predicted molar refractivity (Wildman–Crippen MR) is 44.1 cm³/mol. The molecule has 0 aromatic rings. The summed E-state index contributed by atoms with van der Waals surface area (Å²) in [5, 5.41) is 12.3. The Kier molecular flexibility index (Phi) is 5.18. The quantitative estimate of drug-likeness (QED) is 0.459. The van der Waals surface area contributed by atoms with Gasteiger partial charge in [-0.2, -0.15) is 5.26 Å². The molecule has 0 saturated carbocycles. The fourth-order valence-corrected chi connectivity index (χ4v) is 0.831. The highest BCUT2D eigenvalue weighted by Crippen LogP contribution is 2.07. The summed E-state index contributed by atoms with van der Waals surface area (Å²) in [6.45, 7) is 3.86. The zero-order chi connectivity index (χ0) is 8.69. The molecule has 1 unspecified atom stereocenters. The van der Waals surface area contributed by atoms with E-state index in [2.05, 4.69) is 16.1 Å². The van der Waals surface area contributed by atoms with Crippen molar-refractivity contribution in [3.63, 3.8) is 0 Å². The van der Waals surface area contributed by atoms with E-state index in [-0.39, 0.29) is 5.92 Å². The maximum absolute atomic E-state index is 8.60. The van der Waals surface area contributed by atoms with Gasteiger partial charge in [0.25, 0.3) is 0 Å². The third-order valence-electron chi connectivity index (χ3n) is 1.46. The van der Waals surface area contributed by atoms with E-state index in [9.17, 15) is 0 Å². The van der Waals surface area contributed by atoms with E-state index in [0.29, 0.717) is 6.42 Å². The van der Waals surface area contributed by atoms with Crippen LogP contribution in [0, 0.1) is 17.2 Å². The van der Waals surface area contributed by atoms with Gasteiger partial charge in [0, 0.05) is 6.42 Å². The number of oxime groups is 1. The summed E-state index contributed by atoms with van der Waals surface area (Å²) < 4.78 is 0. The van der Waals surface area contributed by atoms with Crippen LogP contribution in [0.15, 0.2) is 5.16 Å². The summed E-state index contributed by atoms with van der Waals surface area (Å²) in [7, 11) is 1.51. The molecular formula is C8H14N2O. The minimum atomic E-state index is 0.0777. The maximum atomic E-state index is 8.60. The highest BCUT2D eigenvalue weighted by molar-refractivity contribution is 5.81. The molecule has 0 spiro atoms. The third kappa shape index (κ3) is 4.38. The van der Waals surface area contributed by atoms with Crippen LogP contribution in [0.25, 0.3) is 0 Å². The average Bonchev–Trinajstić information content (AvgIpc) is 2.01. The van der Waals surface area contributed by atoms with Gasteiger partial charge in [0.15, 0.2) is 0 Å². The molecule has 0 aliphatic rings. The Hall–Kier alpha value is -1.04. The fraction of sp³-hybridized carbons (Fsp3) is 0.750. The van der Waals surface area contributed by atoms with Crippen LogP contribution < -0.4 is 0 Å². The first-order valence-corrected chi connectivity index (χ1v) is 3.70. The van der Waals surface area contributed by atoms with Crippen molar-refractivity contribution < 1.29 is 4.84 Å². The topological polar surface area (TPSA) is 45.4 Å². The lowest BCUT2D eigenvalue weighted by atomic mass is 10.0. The second-order valence-corrected chi connectivity index (χ2v) is 2.45. The maximum Gasteiger partial charge on any atom is 0.106 e. The monoisotopic (exact) mass is 154 g/mol. The lowest BCUT2D eigenvalue weighted by Gasteiger charge is -2.03. The minimum Gasteiger partial charge on any atom is -0.399 e. The standard InChI is InChI=1S/C8H14N2O/c1-4-8(6-9)5-7(2)10-11-3/h8H,4-5H2,1-3H3/b10-7+. The second kappa shape index (κ2) is 5.72. The Bertz CT molecular complexity index is 169. The molecule has 0 aromatic heterocycles. The normalized spacial score (nSPS) is 13.8. The van der Waals surface area contributed by atoms with Gasteiger partial charge in [-0.15, -0.1) is 0 Å². The largest absolute Gasteiger partial charge is 0.399 e. The van der Waals surface area contributed by atoms with Crippen LogP contribution in [0.2, 0.25) is 0 Å². The Balaban J connectivity index is 3.83. The molecule has 0 N–H and O–H groups in total. The Morgan fingerprint density at radius 2 is 2.36 bits per heavy atom. The zero-order valence-corrected chi connectivity index (χ0v) is 7.29. The molecule has 11 heavy (non-hydrogen) atoms. The lowest BCUT2D eigenvalue weighted by molar-refractivity contribution is 0.212. The Labute approximate surface area is 67.6 Å². The van der Waals surface area contributed by atoms with Crippen molar-refractivity contribution in [1.29, 1.82) is 5.26 Å². The molecule has 0 bridgehead atoms. The van der Waals surface area contributed by atoms with Gasteiger partial charge in [0.2, 0.25) is 0 Å². The summed E-state index contributed by atoms with van der Waals surface area (Å²) in [6.07, 6.45) is 1.58. The molecule has 3 heteroatoms. The SMILES string of the molecule is CCC(C#N)C/C(C)=N/OC. The fourth-order valence-electron chi connectivity index (χ4n) is 0.831. The molecule has 1 atom stereocenters. The highest BCUT2D eigenvalue weighted by atomic mass is 16.6. The number of nitriles is 1. The van der Waals surface area contributed by atoms with E-state index in [0.717, 1.165) is 12.1 Å². The van der Waals surface area contributed by atoms with Gasteiger partial charge in [-0.25, -0.2) is 0 Å². The summed E-state index contributed by atoms with van der Waals surface area (Å²) in [4.78, 5) is 4.57. The second-order valence-electron chi connectivity index (χ2n) is 2.45. The molecule has 0 amide bonds. The number of rotatable bonds is 4. The van der Waals surface area contributed by atoms with Gasteiger partial charge in [-0.3, -0.25) is 0 Å². The van der Waals surface area contributed by atoms with Gasteiger partial charge < -0.3 is 4.84 Å². The molecule has 0 aromatic carbocycles. The highest BCUT2D eigenvalue weighted by Gasteiger charge is 2.05. The molecule has 0 aliphatic carbocycles. The van der Waals surface area contributed by atoms with Gasteiger partial charge in [0.1, 0.15) is 7.11 Å². The van der Waals surface area contributed by atoms with Gasteiger partial charge in [-0.1, -0.05) is 12.1 Å². The predicted octanol–water partition coefficient (Wildman–Crippen LogP) is 1.95. The lowest BCUT2D eigenvalue weighted by Crippen LogP contribution is -2.02. The van der Waals surface area contributed by atoms with Crippen molar-refractivity contribution in [3.8, 4) is 6.07 Å². The number of nitrogens with zero attached hydrogens (tertiary/aromatic N) is 2. The summed E-state index contributed by atoms with van der Waals surface area (Å²) in [5.41, 5.74) is 0.876. The van der Waals surface area contributed by atoms with Gasteiger partial charge >= 0.3 is 0 Å². The molecule has 0 saturated heterocycles. The molecule has 0 heterocycles. The number of hydrogen-bond donors (Lipinski definition) is 0. The molecule has 0 rings (SSSR count). The van der Waals surface area contributed by atoms with E-state index in [4.69, 9.17) is 5.26 Å². The van der Waals surface area contributed by atoms with Crippen molar-refractivity contribution in [2.75, 3.05) is 7.11 Å². The van der Waals surface area contributed by atoms with Gasteiger partial charge in [0.05, 0.1) is 17.7 Å². The first-order valence-electron chi connectivity index (χ1n) is 3.70. The molecule has 0 aliphatic heterocycles. The van der Waals surface area contributed by atoms with Crippen molar-refractivity contribution in [2.24, 2.45) is 11.1 Å². The van der Waals surface area contributed by atoms with Crippen LogP contribution in [0.1, 0.15) is 26.7 Å². The van der Waals surface area contributed by atoms with Crippen LogP contribution in [0.3, 0.4) is 0 Å². The van der Waals surface area contributed by atoms with E-state index in [1.54, 1.807) is 0 Å². The zero-order valence-electron chi connectivity index (χ0n) is 7.29. The minimum absolute atomic E-state index is 0.0777. The van der Waals surface area contributed by atoms with E-state index in [1.807, 2.05) is 13.8 Å². The van der Waals surface area contributed by atoms with Crippen molar-refractivity contribution in [3.05, 3.63) is 0 Å². The molecular weight excluding hydrogens is 140 g/mol. The third-order valence-corrected chi connectivity index (χ3v) is 1.46. The van der Waals surface area contributed by atoms with Crippen LogP contribution in [0.4, 0.5) is 0 Å². The summed E-state index contributed by atoms with van der Waals surface area (Å²) >= 11 is 0. The summed E-state index contributed by atoms with van der Waals surface area (Å²) in [6, 6.07) is 2.20. The van der Waals surface area contributed by atoms with Crippen LogP contribution in [-0.2, 0) is 4.84 Å². The molecule has 62 valence electrons. The smallest absolute Gasteiger partial charge is 0.106 e. The van der Waals surface area contributed by atoms with Crippen LogP contribution >= 0.6 is 0 Å². The summed E-state index contributed by atoms with van der Waals surface area (Å²) in [5.74, 6) is 0.0777. The molecule has 3 nitrogen and oxygen atoms in total. The average molecular weight is 154 g/mol. The van der Waals surface area contributed by atoms with Crippen molar-refractivity contribution >= 4 is 5.71 Å². The first kappa shape index (κ1) is 9.96. The molecule has 0 fully saturated rings. The van der Waals surface area contributed by atoms with E-state index >= 15 is 0 Å². The molecule has 0 radical (unpaired) electrons.